The van der Waals surface area contributed by atoms with E-state index in [2.05, 4.69) is 15.5 Å². The molecule has 1 saturated heterocycles. The van der Waals surface area contributed by atoms with Crippen molar-refractivity contribution in [2.75, 3.05) is 26.7 Å². The molecule has 3 aliphatic rings. The third kappa shape index (κ3) is 6.95. The highest BCUT2D eigenvalue weighted by molar-refractivity contribution is 6.33. The molecule has 212 valence electrons. The van der Waals surface area contributed by atoms with Crippen LogP contribution in [-0.4, -0.2) is 65.3 Å². The largest absolute Gasteiger partial charge is 0.496 e. The summed E-state index contributed by atoms with van der Waals surface area (Å²) in [7, 11) is 1.63. The number of carbonyl (C=O) groups is 2. The molecule has 1 aromatic carbocycles. The SMILES string of the molecule is COc1cccc(Cl)c1-c1cc(C(=O)N[C@@H](CCN2CCCCC2)CC(=O)NC2CCC2)nn1C1CCCC1. The molecule has 0 radical (unpaired) electrons. The lowest BCUT2D eigenvalue weighted by Crippen LogP contribution is -2.45. The van der Waals surface area contributed by atoms with E-state index < -0.39 is 0 Å². The van der Waals surface area contributed by atoms with Crippen LogP contribution in [0.4, 0.5) is 0 Å². The number of aromatic nitrogens is 2. The number of benzene rings is 1. The maximum absolute atomic E-state index is 13.6. The molecular weight excluding hydrogens is 514 g/mol. The van der Waals surface area contributed by atoms with Crippen molar-refractivity contribution in [3.05, 3.63) is 35.0 Å². The van der Waals surface area contributed by atoms with Crippen LogP contribution in [0.5, 0.6) is 5.75 Å². The first-order valence-corrected chi connectivity index (χ1v) is 15.1. The van der Waals surface area contributed by atoms with Gasteiger partial charge in [-0.2, -0.15) is 5.10 Å². The Balaban J connectivity index is 1.36. The van der Waals surface area contributed by atoms with Gasteiger partial charge in [0, 0.05) is 25.0 Å². The zero-order chi connectivity index (χ0) is 27.2. The first-order valence-electron chi connectivity index (χ1n) is 14.8. The van der Waals surface area contributed by atoms with Crippen molar-refractivity contribution >= 4 is 23.4 Å². The topological polar surface area (TPSA) is 88.5 Å². The van der Waals surface area contributed by atoms with E-state index in [1.165, 1.54) is 25.7 Å². The maximum atomic E-state index is 13.6. The molecule has 9 heteroatoms. The molecule has 3 fully saturated rings. The van der Waals surface area contributed by atoms with Gasteiger partial charge in [-0.25, -0.2) is 0 Å². The predicted molar refractivity (Wildman–Crippen MR) is 153 cm³/mol. The summed E-state index contributed by atoms with van der Waals surface area (Å²) >= 11 is 6.65. The molecule has 0 unspecified atom stereocenters. The Morgan fingerprint density at radius 3 is 2.54 bits per heavy atom. The second kappa shape index (κ2) is 13.2. The van der Waals surface area contributed by atoms with Gasteiger partial charge >= 0.3 is 0 Å². The Morgan fingerprint density at radius 2 is 1.85 bits per heavy atom. The van der Waals surface area contributed by atoms with Gasteiger partial charge in [0.25, 0.3) is 5.91 Å². The van der Waals surface area contributed by atoms with E-state index in [0.29, 0.717) is 16.5 Å². The number of methoxy groups -OCH3 is 1. The van der Waals surface area contributed by atoms with Crippen molar-refractivity contribution in [1.29, 1.82) is 0 Å². The summed E-state index contributed by atoms with van der Waals surface area (Å²) in [6, 6.07) is 7.64. The average Bonchev–Trinajstić information content (AvgIpc) is 3.60. The Kier molecular flexibility index (Phi) is 9.45. The highest BCUT2D eigenvalue weighted by Crippen LogP contribution is 2.40. The first-order chi connectivity index (χ1) is 19.0. The van der Waals surface area contributed by atoms with E-state index in [9.17, 15) is 9.59 Å². The molecular formula is C30H42ClN5O3. The molecule has 8 nitrogen and oxygen atoms in total. The van der Waals surface area contributed by atoms with Gasteiger partial charge in [-0.1, -0.05) is 36.9 Å². The normalized spacial score (nSPS) is 19.4. The second-order valence-electron chi connectivity index (χ2n) is 11.4. The molecule has 2 heterocycles. The lowest BCUT2D eigenvalue weighted by Gasteiger charge is -2.29. The Bertz CT molecular complexity index is 1140. The molecule has 2 aromatic rings. The van der Waals surface area contributed by atoms with Crippen molar-refractivity contribution in [2.45, 2.75) is 95.2 Å². The number of hydrogen-bond acceptors (Lipinski definition) is 5. The maximum Gasteiger partial charge on any atom is 0.272 e. The molecule has 1 aliphatic heterocycles. The van der Waals surface area contributed by atoms with E-state index in [1.54, 1.807) is 7.11 Å². The molecule has 39 heavy (non-hydrogen) atoms. The molecule has 0 bridgehead atoms. The highest BCUT2D eigenvalue weighted by atomic mass is 35.5. The van der Waals surface area contributed by atoms with E-state index >= 15 is 0 Å². The van der Waals surface area contributed by atoms with Crippen LogP contribution in [0.15, 0.2) is 24.3 Å². The number of ether oxygens (including phenoxy) is 1. The van der Waals surface area contributed by atoms with Gasteiger partial charge in [0.2, 0.25) is 5.91 Å². The zero-order valence-electron chi connectivity index (χ0n) is 23.1. The minimum atomic E-state index is -0.255. The lowest BCUT2D eigenvalue weighted by molar-refractivity contribution is -0.122. The number of amides is 2. The van der Waals surface area contributed by atoms with Crippen LogP contribution in [0, 0.1) is 0 Å². The Labute approximate surface area is 236 Å². The fraction of sp³-hybridized carbons (Fsp3) is 0.633. The molecule has 2 amide bonds. The molecule has 2 aliphatic carbocycles. The quantitative estimate of drug-likeness (QED) is 0.389. The van der Waals surface area contributed by atoms with Crippen LogP contribution in [0.25, 0.3) is 11.3 Å². The van der Waals surface area contributed by atoms with Crippen LogP contribution in [0.1, 0.15) is 93.6 Å². The van der Waals surface area contributed by atoms with Crippen molar-refractivity contribution in [2.24, 2.45) is 0 Å². The number of hydrogen-bond donors (Lipinski definition) is 2. The fourth-order valence-corrected chi connectivity index (χ4v) is 6.37. The summed E-state index contributed by atoms with van der Waals surface area (Å²) in [6.07, 6.45) is 12.3. The molecule has 0 spiro atoms. The lowest BCUT2D eigenvalue weighted by atomic mass is 9.93. The van der Waals surface area contributed by atoms with Gasteiger partial charge in [0.1, 0.15) is 5.75 Å². The van der Waals surface area contributed by atoms with Crippen molar-refractivity contribution in [1.82, 2.24) is 25.3 Å². The summed E-state index contributed by atoms with van der Waals surface area (Å²) < 4.78 is 7.61. The van der Waals surface area contributed by atoms with Gasteiger partial charge < -0.3 is 20.3 Å². The van der Waals surface area contributed by atoms with Crippen LogP contribution >= 0.6 is 11.6 Å². The summed E-state index contributed by atoms with van der Waals surface area (Å²) in [4.78, 5) is 28.9. The monoisotopic (exact) mass is 555 g/mol. The van der Waals surface area contributed by atoms with Gasteiger partial charge in [0.05, 0.1) is 29.4 Å². The molecule has 1 atom stereocenters. The summed E-state index contributed by atoms with van der Waals surface area (Å²) in [5.41, 5.74) is 1.89. The zero-order valence-corrected chi connectivity index (χ0v) is 23.8. The van der Waals surface area contributed by atoms with Crippen LogP contribution < -0.4 is 15.4 Å². The number of halogens is 1. The van der Waals surface area contributed by atoms with Crippen molar-refractivity contribution < 1.29 is 14.3 Å². The van der Waals surface area contributed by atoms with Crippen LogP contribution in [-0.2, 0) is 4.79 Å². The third-order valence-electron chi connectivity index (χ3n) is 8.57. The molecule has 5 rings (SSSR count). The highest BCUT2D eigenvalue weighted by Gasteiger charge is 2.28. The van der Waals surface area contributed by atoms with Crippen molar-refractivity contribution in [3.8, 4) is 17.0 Å². The summed E-state index contributed by atoms with van der Waals surface area (Å²) in [5, 5.41) is 11.7. The molecule has 2 saturated carbocycles. The standard InChI is InChI=1S/C30H42ClN5O3/c1-39-27-14-8-13-24(31)29(27)26-20-25(34-36(26)23-11-3-4-12-23)30(38)33-22(15-18-35-16-5-2-6-17-35)19-28(37)32-21-9-7-10-21/h8,13-14,20-23H,2-7,9-12,15-19H2,1H3,(H,32,37)(H,33,38)/t22-/m0/s1. The van der Waals surface area contributed by atoms with E-state index in [0.717, 1.165) is 75.8 Å². The fourth-order valence-electron chi connectivity index (χ4n) is 6.11. The van der Waals surface area contributed by atoms with E-state index in [1.807, 2.05) is 28.9 Å². The smallest absolute Gasteiger partial charge is 0.272 e. The van der Waals surface area contributed by atoms with Crippen LogP contribution in [0.2, 0.25) is 5.02 Å². The average molecular weight is 556 g/mol. The van der Waals surface area contributed by atoms with Gasteiger partial charge in [-0.3, -0.25) is 14.3 Å². The number of nitrogens with one attached hydrogen (secondary N) is 2. The van der Waals surface area contributed by atoms with Gasteiger partial charge in [-0.15, -0.1) is 0 Å². The number of piperidine rings is 1. The third-order valence-corrected chi connectivity index (χ3v) is 8.89. The van der Waals surface area contributed by atoms with E-state index in [4.69, 9.17) is 21.4 Å². The van der Waals surface area contributed by atoms with Gasteiger partial charge in [-0.05, 0) is 82.7 Å². The molecule has 2 N–H and O–H groups in total. The van der Waals surface area contributed by atoms with Gasteiger partial charge in [0.15, 0.2) is 5.69 Å². The second-order valence-corrected chi connectivity index (χ2v) is 11.8. The summed E-state index contributed by atoms with van der Waals surface area (Å²) in [6.45, 7) is 3.05. The van der Waals surface area contributed by atoms with Crippen LogP contribution in [0.3, 0.4) is 0 Å². The minimum Gasteiger partial charge on any atom is -0.496 e. The summed E-state index contributed by atoms with van der Waals surface area (Å²) in [5.74, 6) is 0.418. The predicted octanol–water partition coefficient (Wildman–Crippen LogP) is 5.36. The Morgan fingerprint density at radius 1 is 1.08 bits per heavy atom. The number of carbonyl (C=O) groups excluding carboxylic acids is 2. The number of rotatable bonds is 11. The van der Waals surface area contributed by atoms with Crippen molar-refractivity contribution in [3.63, 3.8) is 0 Å². The molecule has 1 aromatic heterocycles. The minimum absolute atomic E-state index is 0.0154. The number of nitrogens with zero attached hydrogens (tertiary/aromatic N) is 3. The number of likely N-dealkylation sites (tertiary alicyclic amines) is 1. The first kappa shape index (κ1) is 28.0. The Hall–Kier alpha value is -2.58. The van der Waals surface area contributed by atoms with E-state index in [-0.39, 0.29) is 36.4 Å².